The molecule has 0 atom stereocenters. The summed E-state index contributed by atoms with van der Waals surface area (Å²) < 4.78 is 5.30. The van der Waals surface area contributed by atoms with Crippen LogP contribution in [0, 0.1) is 18.8 Å². The van der Waals surface area contributed by atoms with Crippen LogP contribution < -0.4 is 10.1 Å². The molecule has 2 nitrogen and oxygen atoms in total. The number of anilines is 1. The van der Waals surface area contributed by atoms with E-state index >= 15 is 0 Å². The van der Waals surface area contributed by atoms with Crippen molar-refractivity contribution in [3.05, 3.63) is 58.6 Å². The number of hydrogen-bond acceptors (Lipinski definition) is 2. The van der Waals surface area contributed by atoms with E-state index in [9.17, 15) is 0 Å². The first-order chi connectivity index (χ1) is 9.70. The van der Waals surface area contributed by atoms with Crippen LogP contribution in [-0.4, -0.2) is 13.7 Å². The van der Waals surface area contributed by atoms with E-state index in [-0.39, 0.29) is 0 Å². The number of nitrogens with one attached hydrogen (secondary N) is 1. The third-order valence-electron chi connectivity index (χ3n) is 2.85. The van der Waals surface area contributed by atoms with E-state index in [1.54, 1.807) is 7.11 Å². The molecule has 1 N–H and O–H groups in total. The third kappa shape index (κ3) is 3.69. The highest BCUT2D eigenvalue weighted by Gasteiger charge is 2.05. The number of ether oxygens (including phenoxy) is 1. The van der Waals surface area contributed by atoms with Gasteiger partial charge in [0.05, 0.1) is 19.3 Å². The molecular weight excluding hydrogens is 270 g/mol. The van der Waals surface area contributed by atoms with Crippen molar-refractivity contribution in [3.8, 4) is 17.6 Å². The molecule has 102 valence electrons. The van der Waals surface area contributed by atoms with E-state index < -0.39 is 0 Å². The Kier molecular flexibility index (Phi) is 4.92. The topological polar surface area (TPSA) is 21.3 Å². The maximum absolute atomic E-state index is 6.07. The van der Waals surface area contributed by atoms with Crippen LogP contribution in [0.5, 0.6) is 5.75 Å². The van der Waals surface area contributed by atoms with Crippen molar-refractivity contribution in [2.75, 3.05) is 19.0 Å². The summed E-state index contributed by atoms with van der Waals surface area (Å²) in [7, 11) is 1.63. The molecule has 3 heteroatoms. The summed E-state index contributed by atoms with van der Waals surface area (Å²) in [6, 6.07) is 13.7. The van der Waals surface area contributed by atoms with E-state index in [2.05, 4.69) is 17.2 Å². The predicted octanol–water partition coefficient (Wildman–Crippen LogP) is 4.12. The number of rotatable bonds is 3. The summed E-state index contributed by atoms with van der Waals surface area (Å²) >= 11 is 6.07. The van der Waals surface area contributed by atoms with E-state index in [0.29, 0.717) is 11.6 Å². The van der Waals surface area contributed by atoms with Gasteiger partial charge in [0.15, 0.2) is 0 Å². The molecule has 0 spiro atoms. The second kappa shape index (κ2) is 6.88. The van der Waals surface area contributed by atoms with Crippen molar-refractivity contribution in [1.29, 1.82) is 0 Å². The predicted molar refractivity (Wildman–Crippen MR) is 84.6 cm³/mol. The van der Waals surface area contributed by atoms with Crippen LogP contribution in [0.4, 0.5) is 5.69 Å². The average Bonchev–Trinajstić information content (AvgIpc) is 2.48. The molecule has 2 aromatic rings. The van der Waals surface area contributed by atoms with Gasteiger partial charge in [-0.15, -0.1) is 0 Å². The first-order valence-corrected chi connectivity index (χ1v) is 6.70. The minimum atomic E-state index is 0.548. The molecule has 0 heterocycles. The highest BCUT2D eigenvalue weighted by molar-refractivity contribution is 6.31. The highest BCUT2D eigenvalue weighted by atomic mass is 35.5. The van der Waals surface area contributed by atoms with E-state index in [4.69, 9.17) is 16.3 Å². The van der Waals surface area contributed by atoms with Gasteiger partial charge in [0.25, 0.3) is 0 Å². The SMILES string of the molecule is COc1cc(Cl)c(C)cc1NCC#Cc1ccccc1. The second-order valence-electron chi connectivity index (χ2n) is 4.32. The van der Waals surface area contributed by atoms with Gasteiger partial charge in [0.2, 0.25) is 0 Å². The second-order valence-corrected chi connectivity index (χ2v) is 4.73. The van der Waals surface area contributed by atoms with Crippen LogP contribution in [-0.2, 0) is 0 Å². The molecule has 20 heavy (non-hydrogen) atoms. The lowest BCUT2D eigenvalue weighted by Gasteiger charge is -2.11. The van der Waals surface area contributed by atoms with Gasteiger partial charge in [-0.1, -0.05) is 41.6 Å². The van der Waals surface area contributed by atoms with Gasteiger partial charge in [-0.2, -0.15) is 0 Å². The Morgan fingerprint density at radius 2 is 1.95 bits per heavy atom. The van der Waals surface area contributed by atoms with Crippen LogP contribution in [0.25, 0.3) is 0 Å². The minimum Gasteiger partial charge on any atom is -0.495 e. The van der Waals surface area contributed by atoms with Crippen LogP contribution in [0.2, 0.25) is 5.02 Å². The van der Waals surface area contributed by atoms with Gasteiger partial charge in [-0.05, 0) is 30.7 Å². The van der Waals surface area contributed by atoms with E-state index in [1.165, 1.54) is 0 Å². The smallest absolute Gasteiger partial charge is 0.143 e. The molecule has 2 rings (SSSR count). The fourth-order valence-electron chi connectivity index (χ4n) is 1.78. The van der Waals surface area contributed by atoms with Gasteiger partial charge < -0.3 is 10.1 Å². The molecule has 2 aromatic carbocycles. The molecule has 0 saturated heterocycles. The van der Waals surface area contributed by atoms with Gasteiger partial charge in [-0.3, -0.25) is 0 Å². The minimum absolute atomic E-state index is 0.548. The first-order valence-electron chi connectivity index (χ1n) is 6.32. The van der Waals surface area contributed by atoms with Crippen LogP contribution in [0.15, 0.2) is 42.5 Å². The maximum atomic E-state index is 6.07. The van der Waals surface area contributed by atoms with Gasteiger partial charge in [-0.25, -0.2) is 0 Å². The Morgan fingerprint density at radius 1 is 1.20 bits per heavy atom. The average molecular weight is 286 g/mol. The molecular formula is C17H16ClNO. The van der Waals surface area contributed by atoms with Crippen LogP contribution >= 0.6 is 11.6 Å². The monoisotopic (exact) mass is 285 g/mol. The molecule has 0 saturated carbocycles. The van der Waals surface area contributed by atoms with Gasteiger partial charge >= 0.3 is 0 Å². The fraction of sp³-hybridized carbons (Fsp3) is 0.176. The Morgan fingerprint density at radius 3 is 2.65 bits per heavy atom. The summed E-state index contributed by atoms with van der Waals surface area (Å²) in [5.74, 6) is 6.91. The molecule has 0 aromatic heterocycles. The number of benzene rings is 2. The van der Waals surface area contributed by atoms with Crippen molar-refractivity contribution in [2.24, 2.45) is 0 Å². The Balaban J connectivity index is 2.05. The van der Waals surface area contributed by atoms with E-state index in [1.807, 2.05) is 49.4 Å². The fourth-order valence-corrected chi connectivity index (χ4v) is 1.93. The van der Waals surface area contributed by atoms with E-state index in [0.717, 1.165) is 22.6 Å². The summed E-state index contributed by atoms with van der Waals surface area (Å²) in [6.07, 6.45) is 0. The third-order valence-corrected chi connectivity index (χ3v) is 3.26. The van der Waals surface area contributed by atoms with Gasteiger partial charge in [0.1, 0.15) is 5.75 Å². The van der Waals surface area contributed by atoms with Crippen molar-refractivity contribution >= 4 is 17.3 Å². The zero-order chi connectivity index (χ0) is 14.4. The number of aryl methyl sites for hydroxylation is 1. The molecule has 0 fully saturated rings. The summed E-state index contributed by atoms with van der Waals surface area (Å²) in [5, 5.41) is 3.94. The molecule has 0 aliphatic heterocycles. The van der Waals surface area contributed by atoms with Crippen LogP contribution in [0.3, 0.4) is 0 Å². The number of halogens is 1. The lowest BCUT2D eigenvalue weighted by Crippen LogP contribution is -2.01. The molecule has 0 bridgehead atoms. The van der Waals surface area contributed by atoms with Gasteiger partial charge in [0, 0.05) is 16.7 Å². The molecule has 0 aliphatic carbocycles. The summed E-state index contributed by atoms with van der Waals surface area (Å²) in [4.78, 5) is 0. The van der Waals surface area contributed by atoms with Crippen molar-refractivity contribution < 1.29 is 4.74 Å². The van der Waals surface area contributed by atoms with Crippen LogP contribution in [0.1, 0.15) is 11.1 Å². The van der Waals surface area contributed by atoms with Crippen molar-refractivity contribution in [2.45, 2.75) is 6.92 Å². The zero-order valence-electron chi connectivity index (χ0n) is 11.5. The lowest BCUT2D eigenvalue weighted by molar-refractivity contribution is 0.416. The number of methoxy groups -OCH3 is 1. The van der Waals surface area contributed by atoms with Crippen molar-refractivity contribution in [1.82, 2.24) is 0 Å². The molecule has 0 amide bonds. The normalized spacial score (nSPS) is 9.55. The molecule has 0 unspecified atom stereocenters. The summed E-state index contributed by atoms with van der Waals surface area (Å²) in [5.41, 5.74) is 2.91. The molecule has 0 aliphatic rings. The maximum Gasteiger partial charge on any atom is 0.143 e. The Hall–Kier alpha value is -2.11. The lowest BCUT2D eigenvalue weighted by atomic mass is 10.2. The molecule has 0 radical (unpaired) electrons. The standard InChI is InChI=1S/C17H16ClNO/c1-13-11-16(17(20-2)12-15(13)18)19-10-6-9-14-7-4-3-5-8-14/h3-5,7-8,11-12,19H,10H2,1-2H3. The first kappa shape index (κ1) is 14.3. The quantitative estimate of drug-likeness (QED) is 0.857. The number of hydrogen-bond donors (Lipinski definition) is 1. The summed E-state index contributed by atoms with van der Waals surface area (Å²) in [6.45, 7) is 2.51. The Labute approximate surface area is 124 Å². The van der Waals surface area contributed by atoms with Crippen molar-refractivity contribution in [3.63, 3.8) is 0 Å². The zero-order valence-corrected chi connectivity index (χ0v) is 12.3. The largest absolute Gasteiger partial charge is 0.495 e. The highest BCUT2D eigenvalue weighted by Crippen LogP contribution is 2.30. The Bertz CT molecular complexity index is 641.